The molecule has 2 aliphatic rings. The van der Waals surface area contributed by atoms with Gasteiger partial charge in [0.25, 0.3) is 0 Å². The van der Waals surface area contributed by atoms with E-state index in [-0.39, 0.29) is 11.9 Å². The first-order chi connectivity index (χ1) is 11.1. The van der Waals surface area contributed by atoms with E-state index in [4.69, 9.17) is 17.3 Å². The summed E-state index contributed by atoms with van der Waals surface area (Å²) in [6.07, 6.45) is 5.50. The summed E-state index contributed by atoms with van der Waals surface area (Å²) < 4.78 is 0. The fraction of sp³-hybridized carbons (Fsp3) is 0.211. The minimum atomic E-state index is -0.383. The van der Waals surface area contributed by atoms with E-state index in [1.807, 2.05) is 24.3 Å². The molecule has 0 radical (unpaired) electrons. The van der Waals surface area contributed by atoms with Gasteiger partial charge in [-0.15, -0.1) is 0 Å². The summed E-state index contributed by atoms with van der Waals surface area (Å²) in [6, 6.07) is 13.9. The first-order valence-electron chi connectivity index (χ1n) is 7.76. The molecule has 3 N–H and O–H groups in total. The van der Waals surface area contributed by atoms with Gasteiger partial charge in [-0.1, -0.05) is 35.9 Å². The van der Waals surface area contributed by atoms with Crippen molar-refractivity contribution in [2.45, 2.75) is 18.4 Å². The Balaban J connectivity index is 1.77. The highest BCUT2D eigenvalue weighted by molar-refractivity contribution is 6.30. The van der Waals surface area contributed by atoms with Gasteiger partial charge in [0.15, 0.2) is 0 Å². The van der Waals surface area contributed by atoms with E-state index in [1.165, 1.54) is 5.56 Å². The van der Waals surface area contributed by atoms with Crippen molar-refractivity contribution < 1.29 is 4.79 Å². The second kappa shape index (κ2) is 5.43. The Morgan fingerprint density at radius 3 is 2.70 bits per heavy atom. The molecule has 3 atom stereocenters. The summed E-state index contributed by atoms with van der Waals surface area (Å²) >= 11 is 6.01. The molecule has 2 aromatic rings. The van der Waals surface area contributed by atoms with Crippen LogP contribution >= 0.6 is 11.6 Å². The third-order valence-corrected chi connectivity index (χ3v) is 5.13. The van der Waals surface area contributed by atoms with Crippen molar-refractivity contribution in [1.29, 1.82) is 0 Å². The minimum Gasteiger partial charge on any atom is -0.378 e. The van der Waals surface area contributed by atoms with E-state index in [1.54, 1.807) is 6.07 Å². The number of hydrogen-bond acceptors (Lipinski definition) is 2. The molecule has 0 fully saturated rings. The molecule has 1 aliphatic carbocycles. The van der Waals surface area contributed by atoms with Crippen LogP contribution in [0.15, 0.2) is 54.6 Å². The smallest absolute Gasteiger partial charge is 0.248 e. The average molecular weight is 325 g/mol. The lowest BCUT2D eigenvalue weighted by atomic mass is 9.76. The molecule has 1 heterocycles. The van der Waals surface area contributed by atoms with Crippen LogP contribution in [-0.2, 0) is 0 Å². The number of carbonyl (C=O) groups excluding carboxylic acids is 1. The highest BCUT2D eigenvalue weighted by Gasteiger charge is 2.37. The highest BCUT2D eigenvalue weighted by atomic mass is 35.5. The molecule has 1 amide bonds. The largest absolute Gasteiger partial charge is 0.378 e. The van der Waals surface area contributed by atoms with Crippen molar-refractivity contribution in [3.63, 3.8) is 0 Å². The molecular weight excluding hydrogens is 308 g/mol. The maximum atomic E-state index is 11.5. The molecule has 0 bridgehead atoms. The van der Waals surface area contributed by atoms with E-state index in [0.29, 0.717) is 17.4 Å². The summed E-state index contributed by atoms with van der Waals surface area (Å²) in [4.78, 5) is 11.5. The van der Waals surface area contributed by atoms with Crippen molar-refractivity contribution in [1.82, 2.24) is 0 Å². The summed E-state index contributed by atoms with van der Waals surface area (Å²) in [5.74, 6) is 0.365. The fourth-order valence-electron chi connectivity index (χ4n) is 3.75. The zero-order valence-electron chi connectivity index (χ0n) is 12.5. The number of carbonyl (C=O) groups is 1. The van der Waals surface area contributed by atoms with Gasteiger partial charge < -0.3 is 11.1 Å². The predicted molar refractivity (Wildman–Crippen MR) is 92.8 cm³/mol. The quantitative estimate of drug-likeness (QED) is 0.811. The molecule has 0 unspecified atom stereocenters. The number of nitrogens with two attached hydrogens (primary N) is 1. The average Bonchev–Trinajstić information content (AvgIpc) is 3.04. The lowest BCUT2D eigenvalue weighted by Crippen LogP contribution is -2.29. The molecule has 23 heavy (non-hydrogen) atoms. The van der Waals surface area contributed by atoms with Crippen LogP contribution in [0, 0.1) is 5.92 Å². The fourth-order valence-corrected chi connectivity index (χ4v) is 3.87. The number of hydrogen-bond donors (Lipinski definition) is 2. The molecular formula is C19H17ClN2O. The van der Waals surface area contributed by atoms with E-state index >= 15 is 0 Å². The topological polar surface area (TPSA) is 55.1 Å². The number of benzene rings is 2. The highest BCUT2D eigenvalue weighted by Crippen LogP contribution is 2.49. The summed E-state index contributed by atoms with van der Waals surface area (Å²) in [5.41, 5.74) is 9.45. The van der Waals surface area contributed by atoms with E-state index in [9.17, 15) is 4.79 Å². The van der Waals surface area contributed by atoms with Gasteiger partial charge in [-0.3, -0.25) is 4.79 Å². The number of allylic oxidation sites excluding steroid dienone is 2. The SMILES string of the molecule is NC(=O)c1ccc2c(c1)[C@@H]1C=CC[C@@H]1[C@@H](c1ccc(Cl)cc1)N2. The third kappa shape index (κ3) is 2.41. The number of anilines is 1. The molecule has 1 aliphatic heterocycles. The molecule has 2 aromatic carbocycles. The summed E-state index contributed by atoms with van der Waals surface area (Å²) in [6.45, 7) is 0. The molecule has 4 rings (SSSR count). The van der Waals surface area contributed by atoms with Crippen LogP contribution in [0.2, 0.25) is 5.02 Å². The number of fused-ring (bicyclic) bond motifs is 3. The number of rotatable bonds is 2. The predicted octanol–water partition coefficient (Wildman–Crippen LogP) is 4.27. The second-order valence-electron chi connectivity index (χ2n) is 6.19. The molecule has 0 saturated carbocycles. The molecule has 0 aromatic heterocycles. The lowest BCUT2D eigenvalue weighted by Gasteiger charge is -2.37. The molecule has 4 heteroatoms. The van der Waals surface area contributed by atoms with Gasteiger partial charge in [0, 0.05) is 22.2 Å². The van der Waals surface area contributed by atoms with Gasteiger partial charge in [0.1, 0.15) is 0 Å². The van der Waals surface area contributed by atoms with Crippen molar-refractivity contribution in [2.75, 3.05) is 5.32 Å². The number of halogens is 1. The zero-order valence-corrected chi connectivity index (χ0v) is 13.3. The summed E-state index contributed by atoms with van der Waals surface area (Å²) in [5, 5.41) is 4.38. The van der Waals surface area contributed by atoms with Crippen LogP contribution < -0.4 is 11.1 Å². The Morgan fingerprint density at radius 2 is 1.96 bits per heavy atom. The normalized spacial score (nSPS) is 24.7. The standard InChI is InChI=1S/C19H17ClN2O/c20-13-7-4-11(5-8-13)18-15-3-1-2-14(15)16-10-12(19(21)23)6-9-17(16)22-18/h1-2,4-10,14-15,18,22H,3H2,(H2,21,23)/t14-,15+,18-/m1/s1. The van der Waals surface area contributed by atoms with Crippen molar-refractivity contribution >= 4 is 23.2 Å². The maximum Gasteiger partial charge on any atom is 0.248 e. The monoisotopic (exact) mass is 324 g/mol. The molecule has 116 valence electrons. The van der Waals surface area contributed by atoms with Crippen LogP contribution in [0.25, 0.3) is 0 Å². The van der Waals surface area contributed by atoms with Crippen LogP contribution in [0.3, 0.4) is 0 Å². The van der Waals surface area contributed by atoms with Gasteiger partial charge in [-0.05, 0) is 53.8 Å². The van der Waals surface area contributed by atoms with Gasteiger partial charge >= 0.3 is 0 Å². The van der Waals surface area contributed by atoms with Gasteiger partial charge in [-0.25, -0.2) is 0 Å². The van der Waals surface area contributed by atoms with Gasteiger partial charge in [-0.2, -0.15) is 0 Å². The van der Waals surface area contributed by atoms with Crippen LogP contribution in [0.1, 0.15) is 39.9 Å². The van der Waals surface area contributed by atoms with Crippen LogP contribution in [0.5, 0.6) is 0 Å². The van der Waals surface area contributed by atoms with Gasteiger partial charge in [0.2, 0.25) is 5.91 Å². The first-order valence-corrected chi connectivity index (χ1v) is 8.14. The lowest BCUT2D eigenvalue weighted by molar-refractivity contribution is 0.1000. The van der Waals surface area contributed by atoms with E-state index in [2.05, 4.69) is 29.6 Å². The Hall–Kier alpha value is -2.26. The molecule has 0 saturated heterocycles. The summed E-state index contributed by atoms with van der Waals surface area (Å²) in [7, 11) is 0. The van der Waals surface area contributed by atoms with E-state index < -0.39 is 0 Å². The number of primary amides is 1. The number of amides is 1. The van der Waals surface area contributed by atoms with Crippen molar-refractivity contribution in [3.05, 3.63) is 76.3 Å². The molecule has 3 nitrogen and oxygen atoms in total. The van der Waals surface area contributed by atoms with Gasteiger partial charge in [0.05, 0.1) is 6.04 Å². The molecule has 0 spiro atoms. The third-order valence-electron chi connectivity index (χ3n) is 4.88. The second-order valence-corrected chi connectivity index (χ2v) is 6.63. The van der Waals surface area contributed by atoms with Crippen molar-refractivity contribution in [3.8, 4) is 0 Å². The van der Waals surface area contributed by atoms with Crippen LogP contribution in [-0.4, -0.2) is 5.91 Å². The maximum absolute atomic E-state index is 11.5. The van der Waals surface area contributed by atoms with Crippen molar-refractivity contribution in [2.24, 2.45) is 11.7 Å². The Kier molecular flexibility index (Phi) is 3.38. The Labute approximate surface area is 140 Å². The van der Waals surface area contributed by atoms with E-state index in [0.717, 1.165) is 22.7 Å². The Bertz CT molecular complexity index is 798. The number of nitrogens with one attached hydrogen (secondary N) is 1. The zero-order chi connectivity index (χ0) is 16.0. The van der Waals surface area contributed by atoms with Crippen LogP contribution in [0.4, 0.5) is 5.69 Å². The minimum absolute atomic E-state index is 0.235. The Morgan fingerprint density at radius 1 is 1.17 bits per heavy atom. The first kappa shape index (κ1) is 14.3.